The van der Waals surface area contributed by atoms with Crippen LogP contribution in [0.5, 0.6) is 0 Å². The molecule has 0 unspecified atom stereocenters. The molecule has 0 atom stereocenters. The third-order valence-corrected chi connectivity index (χ3v) is 14.1. The van der Waals surface area contributed by atoms with E-state index in [9.17, 15) is 0 Å². The summed E-state index contributed by atoms with van der Waals surface area (Å²) in [5.41, 5.74) is 0. The second-order valence-corrected chi connectivity index (χ2v) is 14.8. The van der Waals surface area contributed by atoms with Crippen LogP contribution in [-0.4, -0.2) is 28.1 Å². The lowest BCUT2D eigenvalue weighted by Gasteiger charge is -2.33. The van der Waals surface area contributed by atoms with Crippen molar-refractivity contribution < 1.29 is 8.23 Å². The summed E-state index contributed by atoms with van der Waals surface area (Å²) in [5.74, 6) is 0. The summed E-state index contributed by atoms with van der Waals surface area (Å²) in [6, 6.07) is 24.2. The van der Waals surface area contributed by atoms with Gasteiger partial charge in [0.1, 0.15) is 19.5 Å². The van der Waals surface area contributed by atoms with E-state index in [2.05, 4.69) is 74.5 Å². The van der Waals surface area contributed by atoms with Gasteiger partial charge in [-0.05, 0) is 22.5 Å². The van der Waals surface area contributed by atoms with Crippen molar-refractivity contribution in [2.24, 2.45) is 0 Å². The van der Waals surface area contributed by atoms with Gasteiger partial charge in [0.2, 0.25) is 0 Å². The average molecular weight is 445 g/mol. The van der Waals surface area contributed by atoms with E-state index in [4.69, 9.17) is 8.23 Å². The van der Waals surface area contributed by atoms with Crippen molar-refractivity contribution in [1.29, 1.82) is 0 Å². The van der Waals surface area contributed by atoms with Gasteiger partial charge >= 0.3 is 8.56 Å². The number of hydrogen-bond acceptors (Lipinski definition) is 2. The highest BCUT2D eigenvalue weighted by Crippen LogP contribution is 2.13. The molecule has 0 spiro atoms. The second kappa shape index (κ2) is 14.9. The zero-order valence-electron chi connectivity index (χ0n) is 18.6. The monoisotopic (exact) mass is 444 g/mol. The second-order valence-electron chi connectivity index (χ2n) is 7.87. The van der Waals surface area contributed by atoms with Crippen LogP contribution in [-0.2, 0) is 8.23 Å². The Morgan fingerprint density at radius 2 is 1.00 bits per heavy atom. The zero-order chi connectivity index (χ0) is 20.6. The van der Waals surface area contributed by atoms with E-state index in [1.165, 1.54) is 73.8 Å². The lowest BCUT2D eigenvalue weighted by Crippen LogP contribution is -2.64. The Balaban J connectivity index is 2.13. The molecule has 0 aliphatic heterocycles. The molecule has 2 aromatic rings. The highest BCUT2D eigenvalue weighted by molar-refractivity contribution is 6.96. The first-order chi connectivity index (χ1) is 14.3. The van der Waals surface area contributed by atoms with Crippen molar-refractivity contribution in [3.63, 3.8) is 0 Å². The van der Waals surface area contributed by atoms with E-state index in [0.717, 1.165) is 0 Å². The third kappa shape index (κ3) is 8.34. The van der Waals surface area contributed by atoms with E-state index in [-0.39, 0.29) is 0 Å². The van der Waals surface area contributed by atoms with Gasteiger partial charge < -0.3 is 8.23 Å². The van der Waals surface area contributed by atoms with Gasteiger partial charge in [-0.25, -0.2) is 0 Å². The van der Waals surface area contributed by atoms with Crippen molar-refractivity contribution >= 4 is 38.5 Å². The summed E-state index contributed by atoms with van der Waals surface area (Å²) in [5, 5.41) is 2.57. The van der Waals surface area contributed by atoms with Crippen LogP contribution in [0.4, 0.5) is 0 Å². The molecule has 0 amide bonds. The zero-order valence-corrected chi connectivity index (χ0v) is 22.4. The van der Waals surface area contributed by atoms with E-state index in [1.807, 2.05) is 0 Å². The summed E-state index contributed by atoms with van der Waals surface area (Å²) in [6.45, 7) is 4.55. The molecule has 0 heterocycles. The highest BCUT2D eigenvalue weighted by atomic mass is 28.4. The minimum absolute atomic E-state index is 0.597. The number of hydrogen-bond donors (Lipinski definition) is 0. The summed E-state index contributed by atoms with van der Waals surface area (Å²) in [7, 11) is -3.76. The highest BCUT2D eigenvalue weighted by Gasteiger charge is 2.41. The predicted octanol–water partition coefficient (Wildman–Crippen LogP) is 4.44. The van der Waals surface area contributed by atoms with Gasteiger partial charge in [0.25, 0.3) is 0 Å². The van der Waals surface area contributed by atoms with Crippen molar-refractivity contribution in [2.45, 2.75) is 77.3 Å². The van der Waals surface area contributed by atoms with Gasteiger partial charge in [0.05, 0.1) is 0 Å². The predicted molar refractivity (Wildman–Crippen MR) is 135 cm³/mol. The normalized spacial score (nSPS) is 12.5. The Bertz CT molecular complexity index is 580. The Morgan fingerprint density at radius 3 is 1.38 bits per heavy atom. The first kappa shape index (κ1) is 24.3. The van der Waals surface area contributed by atoms with E-state index in [1.54, 1.807) is 0 Å². The quantitative estimate of drug-likeness (QED) is 0.281. The molecule has 2 nitrogen and oxygen atoms in total. The van der Waals surface area contributed by atoms with Crippen molar-refractivity contribution in [3.8, 4) is 0 Å². The van der Waals surface area contributed by atoms with E-state index < -0.39 is 28.1 Å². The molecular formula is C24H40O2Si3. The van der Waals surface area contributed by atoms with Crippen LogP contribution in [0.3, 0.4) is 0 Å². The molecule has 0 aromatic heterocycles. The molecule has 5 heteroatoms. The van der Waals surface area contributed by atoms with E-state index >= 15 is 0 Å². The maximum absolute atomic E-state index is 6.90. The molecule has 2 rings (SSSR count). The van der Waals surface area contributed by atoms with Crippen molar-refractivity contribution in [3.05, 3.63) is 60.7 Å². The third-order valence-electron chi connectivity index (χ3n) is 5.41. The van der Waals surface area contributed by atoms with Crippen molar-refractivity contribution in [1.82, 2.24) is 0 Å². The lowest BCUT2D eigenvalue weighted by molar-refractivity contribution is 0.442. The molecule has 0 fully saturated rings. The van der Waals surface area contributed by atoms with Gasteiger partial charge in [-0.15, -0.1) is 0 Å². The first-order valence-electron chi connectivity index (χ1n) is 11.7. The fourth-order valence-corrected chi connectivity index (χ4v) is 13.6. The number of benzene rings is 2. The summed E-state index contributed by atoms with van der Waals surface area (Å²) < 4.78 is 13.8. The largest absolute Gasteiger partial charge is 0.435 e. The molecule has 0 aliphatic carbocycles. The molecule has 160 valence electrons. The van der Waals surface area contributed by atoms with Gasteiger partial charge in [0.15, 0.2) is 0 Å². The maximum atomic E-state index is 6.90. The van der Waals surface area contributed by atoms with Crippen LogP contribution in [0, 0.1) is 0 Å². The Hall–Kier alpha value is -0.989. The maximum Gasteiger partial charge on any atom is 0.385 e. The van der Waals surface area contributed by atoms with Crippen LogP contribution >= 0.6 is 0 Å². The summed E-state index contributed by atoms with van der Waals surface area (Å²) in [6.07, 6.45) is 10.6. The van der Waals surface area contributed by atoms with Crippen LogP contribution in [0.25, 0.3) is 0 Å². The molecule has 0 saturated heterocycles. The summed E-state index contributed by atoms with van der Waals surface area (Å²) in [4.78, 5) is 0. The smallest absolute Gasteiger partial charge is 0.385 e. The number of rotatable bonds is 16. The van der Waals surface area contributed by atoms with Crippen LogP contribution in [0.1, 0.15) is 65.2 Å². The first-order valence-corrected chi connectivity index (χ1v) is 16.7. The lowest BCUT2D eigenvalue weighted by atomic mass is 10.2. The Morgan fingerprint density at radius 1 is 0.586 bits per heavy atom. The molecule has 2 aromatic carbocycles. The fourth-order valence-electron chi connectivity index (χ4n) is 3.70. The van der Waals surface area contributed by atoms with Crippen LogP contribution in [0.15, 0.2) is 60.7 Å². The number of unbranched alkanes of at least 4 members (excludes halogenated alkanes) is 6. The SMILES string of the molecule is CCCCCC[SiH2]O[Si](O[SiH2]CCCCCC)(c1ccccc1)c1ccccc1. The topological polar surface area (TPSA) is 18.5 Å². The minimum Gasteiger partial charge on any atom is -0.435 e. The molecule has 0 aliphatic rings. The van der Waals surface area contributed by atoms with E-state index in [0.29, 0.717) is 0 Å². The Kier molecular flexibility index (Phi) is 12.5. The van der Waals surface area contributed by atoms with Gasteiger partial charge in [-0.1, -0.05) is 126 Å². The van der Waals surface area contributed by atoms with Gasteiger partial charge in [-0.2, -0.15) is 0 Å². The minimum atomic E-state index is -2.56. The van der Waals surface area contributed by atoms with Crippen LogP contribution < -0.4 is 10.4 Å². The standard InChI is InChI=1S/C24H40O2Si3/c1-3-5-7-15-21-27-25-29(23-17-11-9-12-18-23,24-19-13-10-14-20-24)26-28-22-16-8-6-4-2/h9-14,17-20H,3-8,15-16,21-22,27-28H2,1-2H3. The molecule has 0 saturated carbocycles. The fraction of sp³-hybridized carbons (Fsp3) is 0.500. The van der Waals surface area contributed by atoms with Gasteiger partial charge in [0, 0.05) is 0 Å². The summed E-state index contributed by atoms with van der Waals surface area (Å²) >= 11 is 0. The van der Waals surface area contributed by atoms with Crippen molar-refractivity contribution in [2.75, 3.05) is 0 Å². The molecular weight excluding hydrogens is 405 g/mol. The molecule has 0 bridgehead atoms. The molecule has 0 radical (unpaired) electrons. The van der Waals surface area contributed by atoms with Gasteiger partial charge in [-0.3, -0.25) is 0 Å². The Labute approximate surface area is 184 Å². The molecule has 0 N–H and O–H groups in total. The average Bonchev–Trinajstić information content (AvgIpc) is 2.78. The molecule has 29 heavy (non-hydrogen) atoms. The van der Waals surface area contributed by atoms with Crippen LogP contribution in [0.2, 0.25) is 12.1 Å².